The molecule has 0 bridgehead atoms. The molecule has 1 nitrogen and oxygen atoms in total. The van der Waals surface area contributed by atoms with Crippen molar-refractivity contribution in [3.8, 4) is 44.5 Å². The van der Waals surface area contributed by atoms with Gasteiger partial charge in [-0.2, -0.15) is 0 Å². The molecule has 10 rings (SSSR count). The Hall–Kier alpha value is -6.70. The summed E-state index contributed by atoms with van der Waals surface area (Å²) in [5.41, 5.74) is 16.1. The van der Waals surface area contributed by atoms with Gasteiger partial charge in [-0.05, 0) is 126 Å². The summed E-state index contributed by atoms with van der Waals surface area (Å²) in [7, 11) is 0. The Morgan fingerprint density at radius 1 is 0.315 bits per heavy atom. The molecule has 0 atom stereocenters. The summed E-state index contributed by atoms with van der Waals surface area (Å²) in [5, 5.41) is 5.09. The van der Waals surface area contributed by atoms with Crippen molar-refractivity contribution in [3.05, 3.63) is 211 Å². The number of fused-ring (bicyclic) bond motifs is 6. The van der Waals surface area contributed by atoms with E-state index in [0.717, 1.165) is 17.1 Å². The van der Waals surface area contributed by atoms with Crippen LogP contribution in [0.25, 0.3) is 66.1 Å². The van der Waals surface area contributed by atoms with Crippen LogP contribution in [-0.2, 0) is 5.41 Å². The second kappa shape index (κ2) is 12.8. The van der Waals surface area contributed by atoms with Gasteiger partial charge < -0.3 is 4.90 Å². The topological polar surface area (TPSA) is 3.24 Å². The van der Waals surface area contributed by atoms with E-state index in [1.165, 1.54) is 77.2 Å². The molecule has 0 amide bonds. The summed E-state index contributed by atoms with van der Waals surface area (Å²) in [6.07, 6.45) is 0. The van der Waals surface area contributed by atoms with Crippen molar-refractivity contribution >= 4 is 38.6 Å². The molecule has 0 aromatic heterocycles. The average Bonchev–Trinajstić information content (AvgIpc) is 3.47. The van der Waals surface area contributed by atoms with Gasteiger partial charge in [-0.15, -0.1) is 0 Å². The molecule has 0 saturated carbocycles. The first-order chi connectivity index (χ1) is 26.5. The minimum absolute atomic E-state index is 0.0869. The fourth-order valence-electron chi connectivity index (χ4n) is 8.66. The molecule has 1 aliphatic rings. The highest BCUT2D eigenvalue weighted by atomic mass is 15.1. The van der Waals surface area contributed by atoms with Gasteiger partial charge in [0.15, 0.2) is 0 Å². The van der Waals surface area contributed by atoms with Crippen LogP contribution in [0.2, 0.25) is 0 Å². The molecule has 0 saturated heterocycles. The van der Waals surface area contributed by atoms with E-state index in [-0.39, 0.29) is 5.41 Å². The molecular formula is C53H39N. The third kappa shape index (κ3) is 5.32. The average molecular weight is 690 g/mol. The van der Waals surface area contributed by atoms with Crippen molar-refractivity contribution in [1.29, 1.82) is 0 Å². The van der Waals surface area contributed by atoms with Crippen LogP contribution in [0.5, 0.6) is 0 Å². The number of nitrogens with zero attached hydrogens (tertiary/aromatic N) is 1. The number of rotatable bonds is 6. The lowest BCUT2D eigenvalue weighted by molar-refractivity contribution is 0.660. The number of anilines is 3. The Kier molecular flexibility index (Phi) is 7.56. The molecular weight excluding hydrogens is 651 g/mol. The Balaban J connectivity index is 1.07. The van der Waals surface area contributed by atoms with Gasteiger partial charge in [0.25, 0.3) is 0 Å². The molecule has 9 aromatic carbocycles. The highest BCUT2D eigenvalue weighted by Crippen LogP contribution is 2.50. The fraction of sp³-hybridized carbons (Fsp3) is 0.0566. The summed E-state index contributed by atoms with van der Waals surface area (Å²) in [4.78, 5) is 2.40. The van der Waals surface area contributed by atoms with Crippen molar-refractivity contribution in [3.63, 3.8) is 0 Å². The zero-order valence-electron chi connectivity index (χ0n) is 30.5. The highest BCUT2D eigenvalue weighted by molar-refractivity contribution is 6.14. The predicted octanol–water partition coefficient (Wildman–Crippen LogP) is 14.8. The van der Waals surface area contributed by atoms with E-state index in [2.05, 4.69) is 219 Å². The van der Waals surface area contributed by atoms with Crippen molar-refractivity contribution < 1.29 is 0 Å². The maximum absolute atomic E-state index is 2.41. The van der Waals surface area contributed by atoms with Gasteiger partial charge in [0.2, 0.25) is 0 Å². The van der Waals surface area contributed by atoms with Crippen molar-refractivity contribution in [2.45, 2.75) is 19.3 Å². The molecule has 0 fully saturated rings. The van der Waals surface area contributed by atoms with Gasteiger partial charge in [-0.1, -0.05) is 166 Å². The fourth-order valence-corrected chi connectivity index (χ4v) is 8.66. The molecule has 1 aliphatic carbocycles. The minimum Gasteiger partial charge on any atom is -0.310 e. The van der Waals surface area contributed by atoms with E-state index in [4.69, 9.17) is 0 Å². The molecule has 0 unspecified atom stereocenters. The third-order valence-electron chi connectivity index (χ3n) is 11.5. The number of hydrogen-bond acceptors (Lipinski definition) is 1. The van der Waals surface area contributed by atoms with Crippen LogP contribution in [0.1, 0.15) is 25.0 Å². The van der Waals surface area contributed by atoms with Gasteiger partial charge in [-0.3, -0.25) is 0 Å². The molecule has 256 valence electrons. The van der Waals surface area contributed by atoms with Crippen LogP contribution in [0.3, 0.4) is 0 Å². The molecule has 9 aromatic rings. The minimum atomic E-state index is -0.0869. The summed E-state index contributed by atoms with van der Waals surface area (Å²) < 4.78 is 0. The second-order valence-corrected chi connectivity index (χ2v) is 15.0. The van der Waals surface area contributed by atoms with E-state index in [9.17, 15) is 0 Å². The molecule has 0 N–H and O–H groups in total. The van der Waals surface area contributed by atoms with E-state index < -0.39 is 0 Å². The smallest absolute Gasteiger partial charge is 0.0465 e. The first kappa shape index (κ1) is 32.0. The maximum Gasteiger partial charge on any atom is 0.0465 e. The van der Waals surface area contributed by atoms with Gasteiger partial charge in [0.05, 0.1) is 0 Å². The number of benzene rings is 9. The zero-order valence-corrected chi connectivity index (χ0v) is 30.5. The van der Waals surface area contributed by atoms with Gasteiger partial charge >= 0.3 is 0 Å². The first-order valence-corrected chi connectivity index (χ1v) is 18.8. The van der Waals surface area contributed by atoms with E-state index in [1.54, 1.807) is 0 Å². The summed E-state index contributed by atoms with van der Waals surface area (Å²) in [6, 6.07) is 73.3. The second-order valence-electron chi connectivity index (χ2n) is 15.0. The summed E-state index contributed by atoms with van der Waals surface area (Å²) in [5.74, 6) is 0. The Morgan fingerprint density at radius 2 is 0.833 bits per heavy atom. The monoisotopic (exact) mass is 689 g/mol. The van der Waals surface area contributed by atoms with Crippen molar-refractivity contribution in [1.82, 2.24) is 0 Å². The van der Waals surface area contributed by atoms with Crippen molar-refractivity contribution in [2.75, 3.05) is 4.90 Å². The van der Waals surface area contributed by atoms with Crippen LogP contribution in [0, 0.1) is 0 Å². The Labute approximate surface area is 317 Å². The summed E-state index contributed by atoms with van der Waals surface area (Å²) in [6.45, 7) is 4.70. The van der Waals surface area contributed by atoms with E-state index >= 15 is 0 Å². The first-order valence-electron chi connectivity index (χ1n) is 18.8. The Morgan fingerprint density at radius 3 is 1.54 bits per heavy atom. The van der Waals surface area contributed by atoms with Gasteiger partial charge in [-0.25, -0.2) is 0 Å². The van der Waals surface area contributed by atoms with Crippen LogP contribution in [0.15, 0.2) is 200 Å². The van der Waals surface area contributed by atoms with Crippen LogP contribution in [-0.4, -0.2) is 0 Å². The zero-order chi connectivity index (χ0) is 36.2. The predicted molar refractivity (Wildman–Crippen MR) is 230 cm³/mol. The largest absolute Gasteiger partial charge is 0.310 e. The molecule has 54 heavy (non-hydrogen) atoms. The lowest BCUT2D eigenvalue weighted by Crippen LogP contribution is -2.16. The molecule has 0 radical (unpaired) electrons. The van der Waals surface area contributed by atoms with Gasteiger partial charge in [0.1, 0.15) is 0 Å². The van der Waals surface area contributed by atoms with Crippen LogP contribution >= 0.6 is 0 Å². The Bertz CT molecular complexity index is 2810. The molecule has 0 spiro atoms. The van der Waals surface area contributed by atoms with E-state index in [0.29, 0.717) is 0 Å². The SMILES string of the molecule is CC1(C)c2ccccc2-c2ccc(N(c3ccc(-c4ccccc4)cc3)c3ccc(-c4ccc5c(c4)cc(-c4ccccc4)c4ccccc45)cc3)cc21. The summed E-state index contributed by atoms with van der Waals surface area (Å²) >= 11 is 0. The lowest BCUT2D eigenvalue weighted by atomic mass is 9.82. The molecule has 0 aliphatic heterocycles. The molecule has 1 heteroatoms. The number of hydrogen-bond donors (Lipinski definition) is 0. The van der Waals surface area contributed by atoms with Crippen LogP contribution < -0.4 is 4.90 Å². The van der Waals surface area contributed by atoms with Crippen molar-refractivity contribution in [2.24, 2.45) is 0 Å². The maximum atomic E-state index is 2.41. The lowest BCUT2D eigenvalue weighted by Gasteiger charge is -2.28. The highest BCUT2D eigenvalue weighted by Gasteiger charge is 2.35. The van der Waals surface area contributed by atoms with Gasteiger partial charge in [0, 0.05) is 22.5 Å². The van der Waals surface area contributed by atoms with E-state index in [1.807, 2.05) is 0 Å². The van der Waals surface area contributed by atoms with Crippen LogP contribution in [0.4, 0.5) is 17.1 Å². The normalized spacial score (nSPS) is 12.8. The quantitative estimate of drug-likeness (QED) is 0.157. The molecule has 0 heterocycles. The third-order valence-corrected chi connectivity index (χ3v) is 11.5. The standard InChI is InChI=1S/C53H39N/c1-53(2)51-20-12-11-19-48(51)49-32-30-44(35-52(49)53)54(42-26-21-37(22-27-42)36-13-5-3-6-14-36)43-28-23-38(24-29-43)40-25-31-45-41(33-40)34-50(39-15-7-4-8-16-39)47-18-10-9-17-46(45)47/h3-35H,1-2H3.